The Morgan fingerprint density at radius 1 is 0.300 bits per heavy atom. The highest BCUT2D eigenvalue weighted by Gasteiger charge is 2.17. The van der Waals surface area contributed by atoms with Crippen molar-refractivity contribution in [3.05, 3.63) is 182 Å². The molecule has 2 heteroatoms. The number of hydrogen-bond donors (Lipinski definition) is 1. The van der Waals surface area contributed by atoms with Gasteiger partial charge in [0.05, 0.1) is 5.52 Å². The third-order valence-electron chi connectivity index (χ3n) is 10.0. The number of rotatable bonds is 5. The molecule has 10 aromatic rings. The minimum absolute atomic E-state index is 1.15. The molecule has 8 aromatic carbocycles. The van der Waals surface area contributed by atoms with Crippen molar-refractivity contribution in [1.82, 2.24) is 4.98 Å². The van der Waals surface area contributed by atoms with Crippen LogP contribution in [-0.2, 0) is 0 Å². The van der Waals surface area contributed by atoms with E-state index in [1.54, 1.807) is 0 Å². The summed E-state index contributed by atoms with van der Waals surface area (Å²) < 4.78 is 2.64. The third kappa shape index (κ3) is 4.76. The number of aromatic nitrogens is 1. The van der Waals surface area contributed by atoms with Crippen molar-refractivity contribution in [2.24, 2.45) is 0 Å². The van der Waals surface area contributed by atoms with Crippen LogP contribution in [0.2, 0.25) is 0 Å². The molecule has 0 aliphatic carbocycles. The zero-order chi connectivity index (χ0) is 33.0. The number of aromatic amines is 1. The molecular weight excluding hydrogens is 623 g/mol. The second-order valence-electron chi connectivity index (χ2n) is 13.0. The average Bonchev–Trinajstić information content (AvgIpc) is 3.77. The normalized spacial score (nSPS) is 11.6. The van der Waals surface area contributed by atoms with Crippen LogP contribution in [-0.4, -0.2) is 4.98 Å². The summed E-state index contributed by atoms with van der Waals surface area (Å²) in [7, 11) is 0. The van der Waals surface area contributed by atoms with Gasteiger partial charge < -0.3 is 4.98 Å². The van der Waals surface area contributed by atoms with E-state index >= 15 is 0 Å². The minimum Gasteiger partial charge on any atom is -0.354 e. The van der Waals surface area contributed by atoms with E-state index in [2.05, 4.69) is 187 Å². The first-order valence-electron chi connectivity index (χ1n) is 17.1. The van der Waals surface area contributed by atoms with Crippen molar-refractivity contribution in [3.63, 3.8) is 0 Å². The molecule has 0 spiro atoms. The van der Waals surface area contributed by atoms with E-state index in [-0.39, 0.29) is 0 Å². The van der Waals surface area contributed by atoms with Gasteiger partial charge in [-0.05, 0) is 68.8 Å². The smallest absolute Gasteiger partial charge is 0.0545 e. The highest BCUT2D eigenvalue weighted by atomic mass is 32.1. The van der Waals surface area contributed by atoms with E-state index in [9.17, 15) is 0 Å². The van der Waals surface area contributed by atoms with Crippen LogP contribution in [0.4, 0.5) is 0 Å². The topological polar surface area (TPSA) is 15.8 Å². The van der Waals surface area contributed by atoms with Crippen LogP contribution in [0.25, 0.3) is 97.6 Å². The molecule has 2 heterocycles. The maximum Gasteiger partial charge on any atom is 0.0545 e. The maximum atomic E-state index is 3.82. The highest BCUT2D eigenvalue weighted by Crippen LogP contribution is 2.46. The number of benzene rings is 8. The van der Waals surface area contributed by atoms with Crippen molar-refractivity contribution in [2.75, 3.05) is 0 Å². The SMILES string of the molecule is c1ccc(-c2cccc(-c3ccc4[nH]c5c(-c6cccc7c6sc6c(-c8cccc(-c9ccccc9)c8)cccc67)cccc5c4c3)c2)cc1. The van der Waals surface area contributed by atoms with Gasteiger partial charge >= 0.3 is 0 Å². The molecule has 0 aliphatic rings. The molecule has 0 saturated carbocycles. The Morgan fingerprint density at radius 2 is 0.780 bits per heavy atom. The maximum absolute atomic E-state index is 3.82. The summed E-state index contributed by atoms with van der Waals surface area (Å²) in [5.74, 6) is 0. The molecule has 10 rings (SSSR count). The first-order chi connectivity index (χ1) is 24.8. The molecule has 0 radical (unpaired) electrons. The van der Waals surface area contributed by atoms with Crippen molar-refractivity contribution >= 4 is 53.3 Å². The van der Waals surface area contributed by atoms with Gasteiger partial charge in [0.25, 0.3) is 0 Å². The predicted octanol–water partition coefficient (Wildman–Crippen LogP) is 14.0. The van der Waals surface area contributed by atoms with Crippen LogP contribution in [0.5, 0.6) is 0 Å². The molecule has 0 bridgehead atoms. The van der Waals surface area contributed by atoms with Gasteiger partial charge in [-0.3, -0.25) is 0 Å². The van der Waals surface area contributed by atoms with Crippen molar-refractivity contribution in [1.29, 1.82) is 0 Å². The first-order valence-corrected chi connectivity index (χ1v) is 17.9. The summed E-state index contributed by atoms with van der Waals surface area (Å²) in [4.78, 5) is 3.82. The number of fused-ring (bicyclic) bond motifs is 6. The highest BCUT2D eigenvalue weighted by molar-refractivity contribution is 7.26. The summed E-state index contributed by atoms with van der Waals surface area (Å²) in [6.07, 6.45) is 0. The molecule has 0 aliphatic heterocycles. The number of H-pyrrole nitrogens is 1. The molecule has 1 N–H and O–H groups in total. The minimum atomic E-state index is 1.15. The molecule has 0 amide bonds. The van der Waals surface area contributed by atoms with Crippen LogP contribution in [0, 0.1) is 0 Å². The second-order valence-corrected chi connectivity index (χ2v) is 14.0. The fourth-order valence-corrected chi connectivity index (χ4v) is 8.96. The molecule has 50 heavy (non-hydrogen) atoms. The van der Waals surface area contributed by atoms with Gasteiger partial charge in [-0.15, -0.1) is 11.3 Å². The van der Waals surface area contributed by atoms with Gasteiger partial charge in [0.15, 0.2) is 0 Å². The second kappa shape index (κ2) is 11.7. The zero-order valence-electron chi connectivity index (χ0n) is 27.2. The van der Waals surface area contributed by atoms with Crippen LogP contribution < -0.4 is 0 Å². The van der Waals surface area contributed by atoms with Crippen LogP contribution >= 0.6 is 11.3 Å². The van der Waals surface area contributed by atoms with Crippen LogP contribution in [0.1, 0.15) is 0 Å². The van der Waals surface area contributed by atoms with E-state index < -0.39 is 0 Å². The molecule has 0 fully saturated rings. The van der Waals surface area contributed by atoms with Crippen LogP contribution in [0.3, 0.4) is 0 Å². The Labute approximate surface area is 294 Å². The summed E-state index contributed by atoms with van der Waals surface area (Å²) >= 11 is 1.91. The van der Waals surface area contributed by atoms with Crippen molar-refractivity contribution in [2.45, 2.75) is 0 Å². The molecular formula is C48H31NS. The number of hydrogen-bond acceptors (Lipinski definition) is 1. The van der Waals surface area contributed by atoms with E-state index in [0.717, 1.165) is 5.52 Å². The summed E-state index contributed by atoms with van der Waals surface area (Å²) in [6.45, 7) is 0. The lowest BCUT2D eigenvalue weighted by Gasteiger charge is -2.07. The summed E-state index contributed by atoms with van der Waals surface area (Å²) in [5, 5.41) is 5.10. The lowest BCUT2D eigenvalue weighted by molar-refractivity contribution is 1.54. The molecule has 0 unspecified atom stereocenters. The van der Waals surface area contributed by atoms with Crippen LogP contribution in [0.15, 0.2) is 182 Å². The van der Waals surface area contributed by atoms with Crippen molar-refractivity contribution < 1.29 is 0 Å². The summed E-state index contributed by atoms with van der Waals surface area (Å²) in [6, 6.07) is 66.1. The Hall–Kier alpha value is -6.22. The summed E-state index contributed by atoms with van der Waals surface area (Å²) in [5.41, 5.74) is 14.7. The van der Waals surface area contributed by atoms with Gasteiger partial charge in [0, 0.05) is 47.6 Å². The Kier molecular flexibility index (Phi) is 6.75. The van der Waals surface area contributed by atoms with E-state index in [0.29, 0.717) is 0 Å². The van der Waals surface area contributed by atoms with Gasteiger partial charge in [0.1, 0.15) is 0 Å². The Balaban J connectivity index is 1.10. The van der Waals surface area contributed by atoms with Gasteiger partial charge in [-0.2, -0.15) is 0 Å². The van der Waals surface area contributed by atoms with E-state index in [1.807, 2.05) is 11.3 Å². The monoisotopic (exact) mass is 653 g/mol. The lowest BCUT2D eigenvalue weighted by atomic mass is 9.96. The lowest BCUT2D eigenvalue weighted by Crippen LogP contribution is -1.81. The molecule has 0 saturated heterocycles. The Morgan fingerprint density at radius 3 is 1.46 bits per heavy atom. The predicted molar refractivity (Wildman–Crippen MR) is 216 cm³/mol. The molecule has 234 valence electrons. The molecule has 0 atom stereocenters. The fourth-order valence-electron chi connectivity index (χ4n) is 7.59. The number of para-hydroxylation sites is 1. The fraction of sp³-hybridized carbons (Fsp3) is 0. The standard InChI is InChI=1S/C48H31NS/c1-3-12-31(13-4-1)33-16-7-18-35(28-33)36-26-27-45-44(30-36)40-22-10-21-39(46(40)49-45)41-23-11-25-43-42-24-9-20-38(47(42)50-48(41)43)37-19-8-17-34(29-37)32-14-5-2-6-15-32/h1-30,49H. The quantitative estimate of drug-likeness (QED) is 0.190. The Bertz CT molecular complexity index is 2860. The van der Waals surface area contributed by atoms with Gasteiger partial charge in [-0.25, -0.2) is 0 Å². The van der Waals surface area contributed by atoms with Crippen molar-refractivity contribution in [3.8, 4) is 55.6 Å². The first kappa shape index (κ1) is 28.8. The average molecular weight is 654 g/mol. The molecule has 1 nitrogen and oxygen atoms in total. The number of thiophene rings is 1. The van der Waals surface area contributed by atoms with E-state index in [4.69, 9.17) is 0 Å². The van der Waals surface area contributed by atoms with Gasteiger partial charge in [0.2, 0.25) is 0 Å². The van der Waals surface area contributed by atoms with Gasteiger partial charge in [-0.1, -0.05) is 158 Å². The largest absolute Gasteiger partial charge is 0.354 e. The number of nitrogens with one attached hydrogen (secondary N) is 1. The third-order valence-corrected chi connectivity index (χ3v) is 11.3. The molecule has 2 aromatic heterocycles. The zero-order valence-corrected chi connectivity index (χ0v) is 28.0. The van der Waals surface area contributed by atoms with E-state index in [1.165, 1.54) is 92.1 Å².